The van der Waals surface area contributed by atoms with Crippen LogP contribution in [-0.2, 0) is 10.3 Å². The third kappa shape index (κ3) is 4.21. The Balaban J connectivity index is 1.57. The van der Waals surface area contributed by atoms with Crippen molar-refractivity contribution in [1.82, 2.24) is 19.4 Å². The van der Waals surface area contributed by atoms with Crippen LogP contribution in [0.5, 0.6) is 5.75 Å². The Hall–Kier alpha value is -3.12. The molecule has 0 N–H and O–H groups in total. The number of carbonyl (C=O) groups excluding carboxylic acids is 1. The molecule has 3 heterocycles. The Labute approximate surface area is 214 Å². The minimum absolute atomic E-state index is 0.243. The Morgan fingerprint density at radius 2 is 1.83 bits per heavy atom. The maximum Gasteiger partial charge on any atom is 0.223 e. The lowest BCUT2D eigenvalue weighted by molar-refractivity contribution is -0.133. The fourth-order valence-corrected chi connectivity index (χ4v) is 6.06. The van der Waals surface area contributed by atoms with Gasteiger partial charge >= 0.3 is 0 Å². The average molecular weight is 487 g/mol. The van der Waals surface area contributed by atoms with Crippen molar-refractivity contribution in [3.8, 4) is 17.1 Å². The molecule has 6 nitrogen and oxygen atoms in total. The van der Waals surface area contributed by atoms with E-state index in [2.05, 4.69) is 77.7 Å². The molecule has 0 bridgehead atoms. The van der Waals surface area contributed by atoms with Crippen LogP contribution in [0, 0.1) is 6.92 Å². The molecule has 2 aliphatic rings. The predicted octanol–water partition coefficient (Wildman–Crippen LogP) is 5.08. The van der Waals surface area contributed by atoms with E-state index in [1.54, 1.807) is 0 Å². The highest BCUT2D eigenvalue weighted by Gasteiger charge is 2.46. The molecule has 3 unspecified atom stereocenters. The Morgan fingerprint density at radius 3 is 2.53 bits per heavy atom. The number of ether oxygens (including phenoxy) is 1. The molecule has 6 heteroatoms. The van der Waals surface area contributed by atoms with Crippen LogP contribution in [-0.4, -0.2) is 64.6 Å². The Bertz CT molecular complexity index is 1220. The van der Waals surface area contributed by atoms with Gasteiger partial charge in [-0.15, -0.1) is 0 Å². The van der Waals surface area contributed by atoms with Gasteiger partial charge in [-0.3, -0.25) is 4.79 Å². The summed E-state index contributed by atoms with van der Waals surface area (Å²) in [6.45, 7) is 7.93. The van der Waals surface area contributed by atoms with Crippen LogP contribution in [0.2, 0.25) is 0 Å². The number of aromatic nitrogens is 2. The number of benzene rings is 2. The lowest BCUT2D eigenvalue weighted by Crippen LogP contribution is -2.40. The summed E-state index contributed by atoms with van der Waals surface area (Å²) in [5, 5.41) is 0. The zero-order valence-electron chi connectivity index (χ0n) is 22.2. The predicted molar refractivity (Wildman–Crippen MR) is 143 cm³/mol. The number of rotatable bonds is 8. The van der Waals surface area contributed by atoms with Gasteiger partial charge in [-0.1, -0.05) is 29.8 Å². The normalized spacial score (nSPS) is 22.7. The lowest BCUT2D eigenvalue weighted by Gasteiger charge is -2.35. The van der Waals surface area contributed by atoms with Gasteiger partial charge in [0.1, 0.15) is 18.2 Å². The molecule has 1 aromatic heterocycles. The van der Waals surface area contributed by atoms with Crippen molar-refractivity contribution in [2.24, 2.45) is 0 Å². The summed E-state index contributed by atoms with van der Waals surface area (Å²) in [6, 6.07) is 15.7. The minimum atomic E-state index is -0.516. The number of likely N-dealkylation sites (tertiary alicyclic amines) is 1. The molecule has 3 aromatic rings. The van der Waals surface area contributed by atoms with E-state index in [9.17, 15) is 4.79 Å². The molecule has 1 amide bonds. The highest BCUT2D eigenvalue weighted by Crippen LogP contribution is 2.50. The molecule has 2 aromatic carbocycles. The highest BCUT2D eigenvalue weighted by atomic mass is 16.5. The molecule has 2 aliphatic heterocycles. The van der Waals surface area contributed by atoms with E-state index in [0.29, 0.717) is 31.5 Å². The van der Waals surface area contributed by atoms with Crippen molar-refractivity contribution >= 4 is 5.91 Å². The van der Waals surface area contributed by atoms with Gasteiger partial charge < -0.3 is 19.1 Å². The molecule has 0 radical (unpaired) electrons. The lowest BCUT2D eigenvalue weighted by atomic mass is 9.78. The number of likely N-dealkylation sites (N-methyl/N-ethyl adjacent to an activating group) is 1. The number of amides is 1. The van der Waals surface area contributed by atoms with Crippen molar-refractivity contribution in [3.63, 3.8) is 0 Å². The van der Waals surface area contributed by atoms with E-state index in [1.807, 2.05) is 26.4 Å². The van der Waals surface area contributed by atoms with Crippen molar-refractivity contribution in [3.05, 3.63) is 71.5 Å². The van der Waals surface area contributed by atoms with Crippen LogP contribution in [0.15, 0.2) is 54.9 Å². The van der Waals surface area contributed by atoms with Crippen LogP contribution in [0.3, 0.4) is 0 Å². The summed E-state index contributed by atoms with van der Waals surface area (Å²) in [5.41, 5.74) is 4.14. The van der Waals surface area contributed by atoms with Gasteiger partial charge in [-0.25, -0.2) is 4.98 Å². The van der Waals surface area contributed by atoms with Crippen molar-refractivity contribution < 1.29 is 9.53 Å². The molecule has 1 fully saturated rings. The van der Waals surface area contributed by atoms with Crippen LogP contribution in [0.4, 0.5) is 0 Å². The number of imidazole rings is 1. The molecule has 1 saturated heterocycles. The summed E-state index contributed by atoms with van der Waals surface area (Å²) in [7, 11) is 4.10. The van der Waals surface area contributed by atoms with Crippen molar-refractivity contribution in [1.29, 1.82) is 0 Å². The maximum absolute atomic E-state index is 13.6. The Kier molecular flexibility index (Phi) is 6.64. The van der Waals surface area contributed by atoms with E-state index in [1.165, 1.54) is 11.1 Å². The second-order valence-electron chi connectivity index (χ2n) is 10.8. The zero-order valence-corrected chi connectivity index (χ0v) is 22.2. The molecule has 5 rings (SSSR count). The van der Waals surface area contributed by atoms with Crippen molar-refractivity contribution in [2.45, 2.75) is 64.1 Å². The molecule has 0 saturated carbocycles. The fourth-order valence-electron chi connectivity index (χ4n) is 6.06. The third-order valence-electron chi connectivity index (χ3n) is 8.01. The first kappa shape index (κ1) is 24.6. The number of hydrogen-bond acceptors (Lipinski definition) is 4. The second kappa shape index (κ2) is 9.74. The van der Waals surface area contributed by atoms with Gasteiger partial charge in [-0.2, -0.15) is 0 Å². The monoisotopic (exact) mass is 486 g/mol. The fraction of sp³-hybridized carbons (Fsp3) is 0.467. The van der Waals surface area contributed by atoms with Crippen LogP contribution < -0.4 is 4.74 Å². The number of aryl methyl sites for hydroxylation is 1. The minimum Gasteiger partial charge on any atom is -0.492 e. The zero-order chi connectivity index (χ0) is 25.4. The molecular weight excluding hydrogens is 448 g/mol. The van der Waals surface area contributed by atoms with Crippen molar-refractivity contribution in [2.75, 3.05) is 27.2 Å². The largest absolute Gasteiger partial charge is 0.492 e. The smallest absolute Gasteiger partial charge is 0.223 e. The van der Waals surface area contributed by atoms with Gasteiger partial charge in [0.25, 0.3) is 0 Å². The van der Waals surface area contributed by atoms with E-state index in [4.69, 9.17) is 9.72 Å². The number of fused-ring (bicyclic) bond motifs is 3. The van der Waals surface area contributed by atoms with Crippen LogP contribution >= 0.6 is 0 Å². The van der Waals surface area contributed by atoms with Gasteiger partial charge in [0.05, 0.1) is 5.54 Å². The summed E-state index contributed by atoms with van der Waals surface area (Å²) in [4.78, 5) is 22.5. The van der Waals surface area contributed by atoms with E-state index >= 15 is 0 Å². The van der Waals surface area contributed by atoms with Gasteiger partial charge in [-0.05, 0) is 83.5 Å². The van der Waals surface area contributed by atoms with E-state index in [0.717, 1.165) is 42.1 Å². The summed E-state index contributed by atoms with van der Waals surface area (Å²) in [5.74, 6) is 2.04. The SMILES string of the molecule is Cc1ccc(C2(CCC(=O)N3C(C)CCC3C)c3cc(OCCN(C)C)ccc3-c3nccn32)cc1. The van der Waals surface area contributed by atoms with E-state index < -0.39 is 5.54 Å². The first-order chi connectivity index (χ1) is 17.3. The van der Waals surface area contributed by atoms with E-state index in [-0.39, 0.29) is 5.91 Å². The average Bonchev–Trinajstić information content (AvgIpc) is 3.52. The molecule has 190 valence electrons. The molecule has 3 atom stereocenters. The Morgan fingerprint density at radius 1 is 1.11 bits per heavy atom. The standard InChI is InChI=1S/C30H38N4O2/c1-21-6-10-24(11-7-21)30(15-14-28(35)34-22(2)8-9-23(34)3)27-20-25(36-19-18-32(4)5)12-13-26(27)29-31-16-17-33(29)30/h6-7,10-13,16-17,20,22-23H,8-9,14-15,18-19H2,1-5H3. The van der Waals surface area contributed by atoms with Crippen LogP contribution in [0.1, 0.15) is 56.2 Å². The maximum atomic E-state index is 13.6. The molecule has 0 spiro atoms. The molecule has 0 aliphatic carbocycles. The third-order valence-corrected chi connectivity index (χ3v) is 8.01. The summed E-state index contributed by atoms with van der Waals surface area (Å²) in [6.07, 6.45) is 7.24. The molecule has 36 heavy (non-hydrogen) atoms. The quantitative estimate of drug-likeness (QED) is 0.445. The molecular formula is C30H38N4O2. The summed E-state index contributed by atoms with van der Waals surface area (Å²) >= 11 is 0. The first-order valence-electron chi connectivity index (χ1n) is 13.2. The highest BCUT2D eigenvalue weighted by molar-refractivity contribution is 5.78. The van der Waals surface area contributed by atoms with Gasteiger partial charge in [0.2, 0.25) is 5.91 Å². The van der Waals surface area contributed by atoms with Crippen LogP contribution in [0.25, 0.3) is 11.4 Å². The van der Waals surface area contributed by atoms with Gasteiger partial charge in [0.15, 0.2) is 0 Å². The van der Waals surface area contributed by atoms with Gasteiger partial charge in [0, 0.05) is 43.0 Å². The number of hydrogen-bond donors (Lipinski definition) is 0. The first-order valence-corrected chi connectivity index (χ1v) is 13.2. The second-order valence-corrected chi connectivity index (χ2v) is 10.8. The number of carbonyl (C=O) groups is 1. The number of nitrogens with zero attached hydrogens (tertiary/aromatic N) is 4. The summed E-state index contributed by atoms with van der Waals surface area (Å²) < 4.78 is 8.43. The topological polar surface area (TPSA) is 50.6 Å².